The Morgan fingerprint density at radius 3 is 2.90 bits per heavy atom. The van der Waals surface area contributed by atoms with E-state index in [0.29, 0.717) is 48.7 Å². The summed E-state index contributed by atoms with van der Waals surface area (Å²) in [5, 5.41) is 3.47. The van der Waals surface area contributed by atoms with Gasteiger partial charge in [-0.15, -0.1) is 11.3 Å². The summed E-state index contributed by atoms with van der Waals surface area (Å²) in [6.07, 6.45) is 3.42. The van der Waals surface area contributed by atoms with Crippen molar-refractivity contribution in [1.82, 2.24) is 24.8 Å². The normalized spacial score (nSPS) is 19.5. The topological polar surface area (TPSA) is 79.1 Å². The molecule has 0 unspecified atom stereocenters. The maximum absolute atomic E-state index is 15.8. The van der Waals surface area contributed by atoms with E-state index >= 15 is 4.39 Å². The second-order valence-corrected chi connectivity index (χ2v) is 11.3. The first-order valence-corrected chi connectivity index (χ1v) is 14.5. The van der Waals surface area contributed by atoms with Crippen molar-refractivity contribution in [2.75, 3.05) is 51.3 Å². The molecule has 9 nitrogen and oxygen atoms in total. The van der Waals surface area contributed by atoms with Gasteiger partial charge in [0.1, 0.15) is 30.0 Å². The Bertz CT molecular complexity index is 1670. The molecule has 2 atom stereocenters. The second-order valence-electron chi connectivity index (χ2n) is 10.4. The molecule has 11 heteroatoms. The van der Waals surface area contributed by atoms with E-state index in [2.05, 4.69) is 28.4 Å². The highest BCUT2D eigenvalue weighted by atomic mass is 32.1. The fraction of sp³-hybridized carbons (Fsp3) is 0.367. The van der Waals surface area contributed by atoms with Crippen LogP contribution in [-0.4, -0.2) is 89.1 Å². The van der Waals surface area contributed by atoms with Gasteiger partial charge < -0.3 is 24.3 Å². The summed E-state index contributed by atoms with van der Waals surface area (Å²) in [6.45, 7) is 13.8. The van der Waals surface area contributed by atoms with Crippen molar-refractivity contribution in [3.8, 4) is 17.3 Å². The summed E-state index contributed by atoms with van der Waals surface area (Å²) >= 11 is 1.54. The van der Waals surface area contributed by atoms with Gasteiger partial charge in [0.05, 0.1) is 5.39 Å². The van der Waals surface area contributed by atoms with E-state index in [1.807, 2.05) is 34.5 Å². The van der Waals surface area contributed by atoms with Crippen LogP contribution < -0.4 is 9.64 Å². The van der Waals surface area contributed by atoms with Gasteiger partial charge in [-0.1, -0.05) is 24.8 Å². The van der Waals surface area contributed by atoms with Crippen LogP contribution in [0.2, 0.25) is 0 Å². The van der Waals surface area contributed by atoms with Crippen molar-refractivity contribution in [3.63, 3.8) is 0 Å². The lowest BCUT2D eigenvalue weighted by atomic mass is 10.1. The van der Waals surface area contributed by atoms with Crippen molar-refractivity contribution >= 4 is 44.2 Å². The van der Waals surface area contributed by atoms with Crippen LogP contribution >= 0.6 is 11.3 Å². The van der Waals surface area contributed by atoms with Crippen LogP contribution in [0.5, 0.6) is 6.01 Å². The predicted octanol–water partition coefficient (Wildman–Crippen LogP) is 4.64. The highest BCUT2D eigenvalue weighted by molar-refractivity contribution is 7.17. The number of thiophene rings is 1. The summed E-state index contributed by atoms with van der Waals surface area (Å²) in [5.74, 6) is -0.198. The second kappa shape index (κ2) is 11.4. The molecule has 41 heavy (non-hydrogen) atoms. The number of likely N-dealkylation sites (tertiary alicyclic amines) is 1. The average Bonchev–Trinajstić information content (AvgIpc) is 3.64. The van der Waals surface area contributed by atoms with E-state index < -0.39 is 5.82 Å². The van der Waals surface area contributed by atoms with Gasteiger partial charge in [-0.2, -0.15) is 9.97 Å². The molecule has 1 amide bonds. The number of amides is 1. The molecule has 0 bridgehead atoms. The number of ether oxygens (including phenoxy) is 1. The van der Waals surface area contributed by atoms with Crippen LogP contribution in [0.1, 0.15) is 12.8 Å². The summed E-state index contributed by atoms with van der Waals surface area (Å²) < 4.78 is 22.9. The summed E-state index contributed by atoms with van der Waals surface area (Å²) in [5.41, 5.74) is 1.27. The number of anilines is 1. The number of aromatic nitrogens is 3. The molecule has 2 saturated heterocycles. The van der Waals surface area contributed by atoms with Gasteiger partial charge in [0.15, 0.2) is 5.65 Å². The van der Waals surface area contributed by atoms with Gasteiger partial charge >= 0.3 is 6.01 Å². The number of carbonyl (C=O) groups is 1. The Morgan fingerprint density at radius 2 is 2.12 bits per heavy atom. The number of hydrogen-bond donors (Lipinski definition) is 0. The lowest BCUT2D eigenvalue weighted by Gasteiger charge is -2.39. The van der Waals surface area contributed by atoms with Gasteiger partial charge in [-0.3, -0.25) is 4.79 Å². The van der Waals surface area contributed by atoms with Crippen LogP contribution in [-0.2, 0) is 4.79 Å². The number of carbonyl (C=O) groups excluding carboxylic acids is 1. The Kier molecular flexibility index (Phi) is 7.51. The Balaban J connectivity index is 1.43. The Morgan fingerprint density at radius 1 is 1.24 bits per heavy atom. The molecule has 4 aromatic rings. The van der Waals surface area contributed by atoms with E-state index in [1.165, 1.54) is 12.1 Å². The van der Waals surface area contributed by atoms with Gasteiger partial charge in [-0.05, 0) is 55.4 Å². The van der Waals surface area contributed by atoms with Gasteiger partial charge in [0, 0.05) is 35.9 Å². The molecule has 2 fully saturated rings. The minimum atomic E-state index is -0.470. The highest BCUT2D eigenvalue weighted by Gasteiger charge is 2.33. The minimum Gasteiger partial charge on any atom is -0.462 e. The number of nitrogens with zero attached hydrogens (tertiary/aromatic N) is 7. The molecule has 2 aliphatic heterocycles. The maximum Gasteiger partial charge on any atom is 0.320 e. The summed E-state index contributed by atoms with van der Waals surface area (Å²) in [4.78, 5) is 36.1. The number of likely N-dealkylation sites (N-methyl/N-ethyl adjacent to an activating group) is 1. The molecule has 3 aromatic heterocycles. The van der Waals surface area contributed by atoms with Gasteiger partial charge in [-0.25, -0.2) is 15.9 Å². The maximum atomic E-state index is 15.8. The van der Waals surface area contributed by atoms with Crippen molar-refractivity contribution < 1.29 is 13.9 Å². The number of rotatable bonds is 7. The Hall–Kier alpha value is -4.14. The third-order valence-corrected chi connectivity index (χ3v) is 8.92. The van der Waals surface area contributed by atoms with E-state index in [-0.39, 0.29) is 36.2 Å². The van der Waals surface area contributed by atoms with Crippen molar-refractivity contribution in [1.29, 1.82) is 0 Å². The average molecular weight is 572 g/mol. The smallest absolute Gasteiger partial charge is 0.320 e. The molecular weight excluding hydrogens is 541 g/mol. The minimum absolute atomic E-state index is 0.137. The number of piperazine rings is 1. The fourth-order valence-electron chi connectivity index (χ4n) is 5.75. The number of benzene rings is 1. The van der Waals surface area contributed by atoms with Crippen LogP contribution in [0.4, 0.5) is 10.2 Å². The largest absolute Gasteiger partial charge is 0.462 e. The van der Waals surface area contributed by atoms with E-state index in [4.69, 9.17) is 21.3 Å². The molecule has 5 heterocycles. The third-order valence-electron chi connectivity index (χ3n) is 7.95. The van der Waals surface area contributed by atoms with Gasteiger partial charge in [0.25, 0.3) is 0 Å². The number of fused-ring (bicyclic) bond motifs is 2. The van der Waals surface area contributed by atoms with Crippen LogP contribution in [0.15, 0.2) is 48.4 Å². The van der Waals surface area contributed by atoms with Crippen LogP contribution in [0, 0.1) is 12.4 Å². The molecule has 0 radical (unpaired) electrons. The first-order valence-electron chi connectivity index (χ1n) is 13.7. The summed E-state index contributed by atoms with van der Waals surface area (Å²) in [6, 6.07) is 9.30. The number of hydrogen-bond acceptors (Lipinski definition) is 8. The van der Waals surface area contributed by atoms with E-state index in [9.17, 15) is 4.79 Å². The van der Waals surface area contributed by atoms with Crippen molar-refractivity contribution in [3.05, 3.63) is 65.6 Å². The zero-order valence-electron chi connectivity index (χ0n) is 22.8. The molecule has 0 aliphatic carbocycles. The molecule has 6 rings (SSSR count). The number of halogens is 1. The first kappa shape index (κ1) is 27.1. The standard InChI is InChI=1S/C30H30FN7O2S/c1-4-25(39)38-13-12-37(17-21(38)16-32-2)29-23-15-24(31)26(22-9-5-7-19-10-14-41-27(19)22)33-28(23)34-30(35-29)40-18-20-8-6-11-36(20)3/h4-5,7,9-10,14-15,20-21H,1,6,8,11-13,16-18H2,3H3/t20-,21-/m0/s1. The number of pyridine rings is 1. The third kappa shape index (κ3) is 5.21. The van der Waals surface area contributed by atoms with E-state index in [1.54, 1.807) is 16.2 Å². The predicted molar refractivity (Wildman–Crippen MR) is 159 cm³/mol. The molecule has 0 saturated carbocycles. The molecule has 210 valence electrons. The molecular formula is C30H30FN7O2S. The lowest BCUT2D eigenvalue weighted by molar-refractivity contribution is -0.128. The quantitative estimate of drug-likeness (QED) is 0.236. The first-order chi connectivity index (χ1) is 20.0. The molecule has 0 N–H and O–H groups in total. The molecule has 0 spiro atoms. The fourth-order valence-corrected chi connectivity index (χ4v) is 6.66. The highest BCUT2D eigenvalue weighted by Crippen LogP contribution is 2.36. The monoisotopic (exact) mass is 571 g/mol. The van der Waals surface area contributed by atoms with Crippen LogP contribution in [0.25, 0.3) is 37.2 Å². The zero-order valence-corrected chi connectivity index (χ0v) is 23.6. The lowest BCUT2D eigenvalue weighted by Crippen LogP contribution is -2.56. The summed E-state index contributed by atoms with van der Waals surface area (Å²) in [7, 11) is 2.08. The Labute approximate surface area is 241 Å². The molecule has 2 aliphatic rings. The van der Waals surface area contributed by atoms with Crippen molar-refractivity contribution in [2.45, 2.75) is 24.9 Å². The zero-order chi connectivity index (χ0) is 28.5. The van der Waals surface area contributed by atoms with Crippen LogP contribution in [0.3, 0.4) is 0 Å². The molecule has 1 aromatic carbocycles. The van der Waals surface area contributed by atoms with Gasteiger partial charge in [0.2, 0.25) is 12.5 Å². The SMILES string of the molecule is [C-]#[N+]C[C@H]1CN(c2nc(OC[C@@H]3CCCN3C)nc3nc(-c4cccc5ccsc45)c(F)cc23)CCN1C(=O)C=C. The van der Waals surface area contributed by atoms with E-state index in [0.717, 1.165) is 29.5 Å². The van der Waals surface area contributed by atoms with Crippen molar-refractivity contribution in [2.24, 2.45) is 0 Å².